The largest absolute Gasteiger partial charge is 0.351 e. The number of rotatable bonds is 7. The normalized spacial score (nSPS) is 13.0. The van der Waals surface area contributed by atoms with E-state index in [1.165, 1.54) is 16.7 Å². The molecule has 0 spiro atoms. The summed E-state index contributed by atoms with van der Waals surface area (Å²) in [5.74, 6) is 0.144. The van der Waals surface area contributed by atoms with Crippen LogP contribution in [0, 0.1) is 0 Å². The zero-order chi connectivity index (χ0) is 18.5. The van der Waals surface area contributed by atoms with E-state index in [1.807, 2.05) is 12.1 Å². The zero-order valence-corrected chi connectivity index (χ0v) is 15.5. The maximum atomic E-state index is 12.2. The average molecular weight is 389 g/mol. The van der Waals surface area contributed by atoms with Gasteiger partial charge >= 0.3 is 0 Å². The molecule has 0 fully saturated rings. The summed E-state index contributed by atoms with van der Waals surface area (Å²) in [4.78, 5) is 37.6. The summed E-state index contributed by atoms with van der Waals surface area (Å²) in [6.07, 6.45) is 0. The fraction of sp³-hybridized carbons (Fsp3) is 0.211. The molecular weight excluding hydrogens is 372 g/mol. The summed E-state index contributed by atoms with van der Waals surface area (Å²) in [5.41, 5.74) is 1.82. The highest BCUT2D eigenvalue weighted by atomic mass is 35.5. The van der Waals surface area contributed by atoms with Crippen LogP contribution in [-0.4, -0.2) is 40.7 Å². The molecule has 26 heavy (non-hydrogen) atoms. The van der Waals surface area contributed by atoms with E-state index in [9.17, 15) is 14.4 Å². The maximum absolute atomic E-state index is 12.2. The Bertz CT molecular complexity index is 821. The highest BCUT2D eigenvalue weighted by Crippen LogP contribution is 2.22. The van der Waals surface area contributed by atoms with E-state index in [1.54, 1.807) is 36.4 Å². The number of fused-ring (bicyclic) bond motifs is 1. The van der Waals surface area contributed by atoms with Crippen LogP contribution in [0.2, 0.25) is 5.02 Å². The van der Waals surface area contributed by atoms with Crippen LogP contribution in [0.3, 0.4) is 0 Å². The molecular formula is C19H17ClN2O3S. The Morgan fingerprint density at radius 3 is 2.38 bits per heavy atom. The van der Waals surface area contributed by atoms with E-state index in [4.69, 9.17) is 11.6 Å². The Hall–Kier alpha value is -2.31. The average Bonchev–Trinajstić information content (AvgIpc) is 2.88. The molecule has 0 saturated heterocycles. The van der Waals surface area contributed by atoms with Crippen molar-refractivity contribution >= 4 is 41.1 Å². The number of amides is 3. The first-order valence-electron chi connectivity index (χ1n) is 8.10. The molecule has 1 heterocycles. The fourth-order valence-electron chi connectivity index (χ4n) is 2.66. The molecule has 1 aliphatic rings. The number of hydrogen-bond donors (Lipinski definition) is 1. The van der Waals surface area contributed by atoms with E-state index in [2.05, 4.69) is 5.32 Å². The van der Waals surface area contributed by atoms with Crippen molar-refractivity contribution < 1.29 is 14.4 Å². The molecule has 134 valence electrons. The summed E-state index contributed by atoms with van der Waals surface area (Å²) >= 11 is 7.29. The monoisotopic (exact) mass is 388 g/mol. The van der Waals surface area contributed by atoms with Gasteiger partial charge in [0, 0.05) is 23.9 Å². The number of halogens is 1. The van der Waals surface area contributed by atoms with Crippen LogP contribution < -0.4 is 5.32 Å². The number of nitrogens with zero attached hydrogens (tertiary/aromatic N) is 1. The van der Waals surface area contributed by atoms with Crippen LogP contribution in [0.5, 0.6) is 0 Å². The summed E-state index contributed by atoms with van der Waals surface area (Å²) in [6.45, 7) is 0.705. The molecule has 1 N–H and O–H groups in total. The molecule has 2 aromatic carbocycles. The fourth-order valence-corrected chi connectivity index (χ4v) is 3.62. The van der Waals surface area contributed by atoms with Crippen LogP contribution in [-0.2, 0) is 11.3 Å². The number of carbonyl (C=O) groups excluding carboxylic acids is 3. The minimum atomic E-state index is -0.267. The van der Waals surface area contributed by atoms with E-state index >= 15 is 0 Å². The van der Waals surface area contributed by atoms with E-state index in [0.717, 1.165) is 5.56 Å². The molecule has 1 aliphatic heterocycles. The molecule has 0 bridgehead atoms. The second-order valence-electron chi connectivity index (χ2n) is 5.77. The van der Waals surface area contributed by atoms with Crippen molar-refractivity contribution in [3.8, 4) is 0 Å². The van der Waals surface area contributed by atoms with Gasteiger partial charge in [0.2, 0.25) is 5.91 Å². The van der Waals surface area contributed by atoms with Crippen molar-refractivity contribution in [2.24, 2.45) is 0 Å². The predicted molar refractivity (Wildman–Crippen MR) is 102 cm³/mol. The molecule has 0 aromatic heterocycles. The van der Waals surface area contributed by atoms with Crippen molar-refractivity contribution in [3.63, 3.8) is 0 Å². The van der Waals surface area contributed by atoms with Crippen molar-refractivity contribution in [1.82, 2.24) is 10.2 Å². The lowest BCUT2D eigenvalue weighted by molar-refractivity contribution is -0.118. The Balaban J connectivity index is 1.40. The second-order valence-corrected chi connectivity index (χ2v) is 7.31. The highest BCUT2D eigenvalue weighted by molar-refractivity contribution is 7.99. The zero-order valence-electron chi connectivity index (χ0n) is 13.9. The molecule has 0 aliphatic carbocycles. The van der Waals surface area contributed by atoms with Crippen LogP contribution in [0.1, 0.15) is 26.3 Å². The van der Waals surface area contributed by atoms with E-state index in [0.29, 0.717) is 35.0 Å². The van der Waals surface area contributed by atoms with Gasteiger partial charge in [-0.3, -0.25) is 19.3 Å². The van der Waals surface area contributed by atoms with Crippen molar-refractivity contribution in [2.45, 2.75) is 6.54 Å². The third kappa shape index (κ3) is 4.26. The van der Waals surface area contributed by atoms with E-state index < -0.39 is 0 Å². The van der Waals surface area contributed by atoms with Gasteiger partial charge in [0.1, 0.15) is 0 Å². The summed E-state index contributed by atoms with van der Waals surface area (Å²) in [6, 6.07) is 14.1. The number of imide groups is 1. The number of benzene rings is 2. The molecule has 0 radical (unpaired) electrons. The Labute approximate surface area is 160 Å². The lowest BCUT2D eigenvalue weighted by Crippen LogP contribution is -2.32. The number of thioether (sulfide) groups is 1. The minimum absolute atomic E-state index is 0.0997. The van der Waals surface area contributed by atoms with Crippen LogP contribution in [0.15, 0.2) is 48.5 Å². The highest BCUT2D eigenvalue weighted by Gasteiger charge is 2.34. The number of nitrogens with one attached hydrogen (secondary N) is 1. The smallest absolute Gasteiger partial charge is 0.261 e. The first-order valence-corrected chi connectivity index (χ1v) is 9.63. The third-order valence-corrected chi connectivity index (χ3v) is 5.12. The van der Waals surface area contributed by atoms with Gasteiger partial charge in [0.05, 0.1) is 16.9 Å². The van der Waals surface area contributed by atoms with Gasteiger partial charge < -0.3 is 5.32 Å². The van der Waals surface area contributed by atoms with Gasteiger partial charge in [0.25, 0.3) is 11.8 Å². The topological polar surface area (TPSA) is 66.5 Å². The first-order chi connectivity index (χ1) is 12.6. The Morgan fingerprint density at radius 2 is 1.73 bits per heavy atom. The standard InChI is InChI=1S/C19H17ClN2O3S/c20-14-5-3-4-13(10-14)11-21-17(23)12-26-9-8-22-18(24)15-6-1-2-7-16(15)19(22)25/h1-7,10H,8-9,11-12H2,(H,21,23). The number of carbonyl (C=O) groups is 3. The first kappa shape index (κ1) is 18.5. The van der Waals surface area contributed by atoms with Gasteiger partial charge in [-0.15, -0.1) is 0 Å². The summed E-state index contributed by atoms with van der Waals surface area (Å²) < 4.78 is 0. The molecule has 7 heteroatoms. The molecule has 3 rings (SSSR count). The predicted octanol–water partition coefficient (Wildman–Crippen LogP) is 2.99. The maximum Gasteiger partial charge on any atom is 0.261 e. The lowest BCUT2D eigenvalue weighted by Gasteiger charge is -2.13. The van der Waals surface area contributed by atoms with Crippen LogP contribution in [0.25, 0.3) is 0 Å². The molecule has 0 atom stereocenters. The molecule has 2 aromatic rings. The van der Waals surface area contributed by atoms with Gasteiger partial charge in [-0.2, -0.15) is 11.8 Å². The molecule has 3 amide bonds. The minimum Gasteiger partial charge on any atom is -0.351 e. The van der Waals surface area contributed by atoms with Gasteiger partial charge in [0.15, 0.2) is 0 Å². The van der Waals surface area contributed by atoms with Crippen LogP contribution in [0.4, 0.5) is 0 Å². The quantitative estimate of drug-likeness (QED) is 0.585. The van der Waals surface area contributed by atoms with E-state index in [-0.39, 0.29) is 23.5 Å². The van der Waals surface area contributed by atoms with Gasteiger partial charge in [-0.1, -0.05) is 35.9 Å². The van der Waals surface area contributed by atoms with Gasteiger partial charge in [-0.25, -0.2) is 0 Å². The van der Waals surface area contributed by atoms with Crippen LogP contribution >= 0.6 is 23.4 Å². The Morgan fingerprint density at radius 1 is 1.04 bits per heavy atom. The molecule has 0 unspecified atom stereocenters. The van der Waals surface area contributed by atoms with Gasteiger partial charge in [-0.05, 0) is 29.8 Å². The van der Waals surface area contributed by atoms with Crippen molar-refractivity contribution in [1.29, 1.82) is 0 Å². The molecule has 0 saturated carbocycles. The molecule has 5 nitrogen and oxygen atoms in total. The SMILES string of the molecule is O=C(CSCCN1C(=O)c2ccccc2C1=O)NCc1cccc(Cl)c1. The third-order valence-electron chi connectivity index (χ3n) is 3.95. The summed E-state index contributed by atoms with van der Waals surface area (Å²) in [5, 5.41) is 3.45. The number of hydrogen-bond acceptors (Lipinski definition) is 4. The lowest BCUT2D eigenvalue weighted by atomic mass is 10.1. The second kappa shape index (κ2) is 8.38. The summed E-state index contributed by atoms with van der Waals surface area (Å²) in [7, 11) is 0. The Kier molecular flexibility index (Phi) is 5.96. The van der Waals surface area contributed by atoms with Crippen molar-refractivity contribution in [2.75, 3.05) is 18.1 Å². The van der Waals surface area contributed by atoms with Crippen molar-refractivity contribution in [3.05, 3.63) is 70.2 Å².